The van der Waals surface area contributed by atoms with Crippen molar-refractivity contribution >= 4 is 33.2 Å². The Kier molecular flexibility index (Phi) is 3.63. The van der Waals surface area contributed by atoms with Crippen LogP contribution in [0.15, 0.2) is 22.1 Å². The molecule has 1 amide bonds. The van der Waals surface area contributed by atoms with Gasteiger partial charge in [0.1, 0.15) is 0 Å². The zero-order valence-corrected chi connectivity index (χ0v) is 11.9. The molecule has 0 aromatic carbocycles. The molecule has 2 aromatic heterocycles. The first-order chi connectivity index (χ1) is 8.06. The lowest BCUT2D eigenvalue weighted by atomic mass is 10.2. The fraction of sp³-hybridized carbons (Fsp3) is 0.273. The highest BCUT2D eigenvalue weighted by molar-refractivity contribution is 9.10. The van der Waals surface area contributed by atoms with Crippen molar-refractivity contribution in [2.75, 3.05) is 0 Å². The van der Waals surface area contributed by atoms with Crippen LogP contribution in [0.3, 0.4) is 0 Å². The summed E-state index contributed by atoms with van der Waals surface area (Å²) in [4.78, 5) is 12.5. The number of halogens is 1. The molecule has 2 rings (SSSR count). The normalized spacial score (nSPS) is 10.5. The minimum atomic E-state index is -0.0519. The zero-order valence-electron chi connectivity index (χ0n) is 9.53. The molecule has 4 nitrogen and oxygen atoms in total. The summed E-state index contributed by atoms with van der Waals surface area (Å²) in [5.41, 5.74) is 1.98. The molecule has 0 fully saturated rings. The van der Waals surface area contributed by atoms with E-state index in [0.717, 1.165) is 15.7 Å². The van der Waals surface area contributed by atoms with Crippen molar-refractivity contribution in [3.63, 3.8) is 0 Å². The van der Waals surface area contributed by atoms with Crippen molar-refractivity contribution in [2.24, 2.45) is 7.05 Å². The molecule has 0 atom stereocenters. The summed E-state index contributed by atoms with van der Waals surface area (Å²) in [5, 5.41) is 9.00. The van der Waals surface area contributed by atoms with Gasteiger partial charge >= 0.3 is 0 Å². The Morgan fingerprint density at radius 1 is 1.65 bits per heavy atom. The SMILES string of the molecule is Cc1nn(C)cc1CNC(=O)c1cc(Br)cs1. The highest BCUT2D eigenvalue weighted by Crippen LogP contribution is 2.19. The van der Waals surface area contributed by atoms with Crippen LogP contribution in [0.1, 0.15) is 20.9 Å². The topological polar surface area (TPSA) is 46.9 Å². The monoisotopic (exact) mass is 313 g/mol. The Bertz CT molecular complexity index is 547. The average Bonchev–Trinajstić information content (AvgIpc) is 2.82. The van der Waals surface area contributed by atoms with Crippen LogP contribution in [0.4, 0.5) is 0 Å². The third-order valence-corrected chi connectivity index (χ3v) is 4.04. The van der Waals surface area contributed by atoms with E-state index in [2.05, 4.69) is 26.3 Å². The second kappa shape index (κ2) is 5.01. The average molecular weight is 314 g/mol. The molecule has 0 aliphatic carbocycles. The number of nitrogens with zero attached hydrogens (tertiary/aromatic N) is 2. The van der Waals surface area contributed by atoms with Crippen molar-refractivity contribution in [1.29, 1.82) is 0 Å². The molecule has 17 heavy (non-hydrogen) atoms. The van der Waals surface area contributed by atoms with E-state index in [-0.39, 0.29) is 5.91 Å². The van der Waals surface area contributed by atoms with Crippen LogP contribution in [0.2, 0.25) is 0 Å². The van der Waals surface area contributed by atoms with Gasteiger partial charge in [0.2, 0.25) is 0 Å². The molecule has 0 unspecified atom stereocenters. The van der Waals surface area contributed by atoms with Crippen LogP contribution in [-0.4, -0.2) is 15.7 Å². The number of aryl methyl sites for hydroxylation is 2. The highest BCUT2D eigenvalue weighted by Gasteiger charge is 2.09. The Labute approximate surface area is 112 Å². The van der Waals surface area contributed by atoms with E-state index < -0.39 is 0 Å². The Hall–Kier alpha value is -1.14. The number of carbonyl (C=O) groups is 1. The number of nitrogens with one attached hydrogen (secondary N) is 1. The predicted octanol–water partition coefficient (Wildman–Crippen LogP) is 2.48. The van der Waals surface area contributed by atoms with Gasteiger partial charge in [-0.25, -0.2) is 0 Å². The van der Waals surface area contributed by atoms with Gasteiger partial charge in [-0.15, -0.1) is 11.3 Å². The summed E-state index contributed by atoms with van der Waals surface area (Å²) in [6.07, 6.45) is 1.92. The number of aromatic nitrogens is 2. The molecule has 0 aliphatic rings. The third kappa shape index (κ3) is 2.95. The van der Waals surface area contributed by atoms with Crippen LogP contribution in [0.5, 0.6) is 0 Å². The van der Waals surface area contributed by atoms with Crippen LogP contribution in [0, 0.1) is 6.92 Å². The summed E-state index contributed by atoms with van der Waals surface area (Å²) >= 11 is 4.75. The lowest BCUT2D eigenvalue weighted by molar-refractivity contribution is 0.0955. The summed E-state index contributed by atoms with van der Waals surface area (Å²) in [7, 11) is 1.87. The predicted molar refractivity (Wildman–Crippen MR) is 71.1 cm³/mol. The number of thiophene rings is 1. The summed E-state index contributed by atoms with van der Waals surface area (Å²) < 4.78 is 2.68. The van der Waals surface area contributed by atoms with Gasteiger partial charge in [0.25, 0.3) is 5.91 Å². The Balaban J connectivity index is 1.99. The van der Waals surface area contributed by atoms with Gasteiger partial charge in [-0.05, 0) is 28.9 Å². The molecule has 0 bridgehead atoms. The maximum absolute atomic E-state index is 11.8. The standard InChI is InChI=1S/C11H12BrN3OS/c1-7-8(5-15(2)14-7)4-13-11(16)10-3-9(12)6-17-10/h3,5-6H,4H2,1-2H3,(H,13,16). The molecular weight excluding hydrogens is 302 g/mol. The van der Waals surface area contributed by atoms with Crippen LogP contribution < -0.4 is 5.32 Å². The zero-order chi connectivity index (χ0) is 12.4. The van der Waals surface area contributed by atoms with Gasteiger partial charge in [0, 0.05) is 35.2 Å². The van der Waals surface area contributed by atoms with Crippen LogP contribution >= 0.6 is 27.3 Å². The summed E-state index contributed by atoms with van der Waals surface area (Å²) in [6, 6.07) is 1.82. The molecule has 0 saturated carbocycles. The van der Waals surface area contributed by atoms with E-state index in [1.165, 1.54) is 11.3 Å². The van der Waals surface area contributed by atoms with Gasteiger partial charge in [0.15, 0.2) is 0 Å². The van der Waals surface area contributed by atoms with Crippen LogP contribution in [-0.2, 0) is 13.6 Å². The van der Waals surface area contributed by atoms with Crippen LogP contribution in [0.25, 0.3) is 0 Å². The fourth-order valence-corrected chi connectivity index (χ4v) is 2.86. The molecular formula is C11H12BrN3OS. The number of rotatable bonds is 3. The molecule has 2 aromatic rings. The number of amides is 1. The van der Waals surface area contributed by atoms with E-state index in [4.69, 9.17) is 0 Å². The van der Waals surface area contributed by atoms with Crippen molar-refractivity contribution < 1.29 is 4.79 Å². The van der Waals surface area contributed by atoms with Gasteiger partial charge < -0.3 is 5.32 Å². The van der Waals surface area contributed by atoms with Gasteiger partial charge in [-0.3, -0.25) is 9.48 Å². The molecule has 6 heteroatoms. The lowest BCUT2D eigenvalue weighted by Crippen LogP contribution is -2.21. The lowest BCUT2D eigenvalue weighted by Gasteiger charge is -2.01. The Morgan fingerprint density at radius 2 is 2.41 bits per heavy atom. The Morgan fingerprint density at radius 3 is 2.94 bits per heavy atom. The number of carbonyl (C=O) groups excluding carboxylic acids is 1. The number of hydrogen-bond donors (Lipinski definition) is 1. The molecule has 0 spiro atoms. The fourth-order valence-electron chi connectivity index (χ4n) is 1.52. The van der Waals surface area contributed by atoms with Gasteiger partial charge in [0.05, 0.1) is 10.6 Å². The molecule has 0 saturated heterocycles. The second-order valence-corrected chi connectivity index (χ2v) is 5.55. The first-order valence-electron chi connectivity index (χ1n) is 5.07. The maximum atomic E-state index is 11.8. The van der Waals surface area contributed by atoms with Crippen molar-refractivity contribution in [3.8, 4) is 0 Å². The van der Waals surface area contributed by atoms with E-state index in [0.29, 0.717) is 11.4 Å². The highest BCUT2D eigenvalue weighted by atomic mass is 79.9. The van der Waals surface area contributed by atoms with E-state index in [1.54, 1.807) is 4.68 Å². The third-order valence-electron chi connectivity index (χ3n) is 2.35. The smallest absolute Gasteiger partial charge is 0.261 e. The van der Waals surface area contributed by atoms with E-state index in [9.17, 15) is 4.79 Å². The second-order valence-electron chi connectivity index (χ2n) is 3.73. The minimum absolute atomic E-state index is 0.0519. The largest absolute Gasteiger partial charge is 0.347 e. The molecule has 0 aliphatic heterocycles. The summed E-state index contributed by atoms with van der Waals surface area (Å²) in [6.45, 7) is 2.44. The molecule has 90 valence electrons. The van der Waals surface area contributed by atoms with E-state index in [1.807, 2.05) is 31.6 Å². The van der Waals surface area contributed by atoms with Crippen molar-refractivity contribution in [1.82, 2.24) is 15.1 Å². The van der Waals surface area contributed by atoms with Gasteiger partial charge in [-0.1, -0.05) is 0 Å². The molecule has 0 radical (unpaired) electrons. The minimum Gasteiger partial charge on any atom is -0.347 e. The molecule has 1 N–H and O–H groups in total. The quantitative estimate of drug-likeness (QED) is 0.946. The van der Waals surface area contributed by atoms with E-state index >= 15 is 0 Å². The maximum Gasteiger partial charge on any atom is 0.261 e. The first-order valence-corrected chi connectivity index (χ1v) is 6.75. The van der Waals surface area contributed by atoms with Gasteiger partial charge in [-0.2, -0.15) is 5.10 Å². The van der Waals surface area contributed by atoms with Crippen molar-refractivity contribution in [3.05, 3.63) is 38.3 Å². The molecule has 2 heterocycles. The number of hydrogen-bond acceptors (Lipinski definition) is 3. The van der Waals surface area contributed by atoms with Crippen molar-refractivity contribution in [2.45, 2.75) is 13.5 Å². The summed E-state index contributed by atoms with van der Waals surface area (Å²) in [5.74, 6) is -0.0519. The first kappa shape index (κ1) is 12.3.